The highest BCUT2D eigenvalue weighted by Gasteiger charge is 2.62. The molecule has 0 saturated carbocycles. The van der Waals surface area contributed by atoms with Gasteiger partial charge in [0.05, 0.1) is 0 Å². The van der Waals surface area contributed by atoms with Crippen LogP contribution < -0.4 is 0 Å². The fourth-order valence-corrected chi connectivity index (χ4v) is 1.96. The zero-order valence-electron chi connectivity index (χ0n) is 10.1. The predicted octanol–water partition coefficient (Wildman–Crippen LogP) is 2.04. The lowest BCUT2D eigenvalue weighted by Crippen LogP contribution is -2.57. The first kappa shape index (κ1) is 15.3. The average Bonchev–Trinajstić information content (AvgIpc) is 2.34. The first-order chi connectivity index (χ1) is 8.74. The third kappa shape index (κ3) is 2.99. The molecule has 1 N–H and O–H groups in total. The molecule has 1 aliphatic heterocycles. The van der Waals surface area contributed by atoms with Crippen molar-refractivity contribution in [2.75, 3.05) is 19.7 Å². The Balaban J connectivity index is 2.89. The van der Waals surface area contributed by atoms with Gasteiger partial charge in [0.15, 0.2) is 5.41 Å². The molecule has 1 unspecified atom stereocenters. The van der Waals surface area contributed by atoms with E-state index in [1.165, 1.54) is 6.08 Å². The molecule has 1 saturated heterocycles. The molecular weight excluding hydrogens is 267 g/mol. The van der Waals surface area contributed by atoms with Crippen LogP contribution in [0.1, 0.15) is 12.8 Å². The van der Waals surface area contributed by atoms with Gasteiger partial charge in [-0.25, -0.2) is 4.79 Å². The van der Waals surface area contributed by atoms with Gasteiger partial charge in [-0.3, -0.25) is 4.79 Å². The fraction of sp³-hybridized carbons (Fsp3) is 0.636. The molecule has 0 spiro atoms. The van der Waals surface area contributed by atoms with Crippen molar-refractivity contribution in [2.24, 2.45) is 5.41 Å². The maximum atomic E-state index is 13.0. The fourth-order valence-electron chi connectivity index (χ4n) is 1.96. The Morgan fingerprint density at radius 2 is 2.11 bits per heavy atom. The Labute approximate surface area is 107 Å². The van der Waals surface area contributed by atoms with Gasteiger partial charge in [0.1, 0.15) is 6.61 Å². The number of likely N-dealkylation sites (tertiary alicyclic amines) is 1. The molecular formula is C11H14F3NO4. The zero-order chi connectivity index (χ0) is 14.7. The van der Waals surface area contributed by atoms with E-state index < -0.39 is 36.6 Å². The molecule has 1 amide bonds. The molecule has 1 atom stereocenters. The van der Waals surface area contributed by atoms with Crippen molar-refractivity contribution in [1.29, 1.82) is 0 Å². The number of hydrogen-bond donors (Lipinski definition) is 1. The minimum absolute atomic E-state index is 0.0427. The highest BCUT2D eigenvalue weighted by molar-refractivity contribution is 5.78. The molecule has 1 fully saturated rings. The monoisotopic (exact) mass is 281 g/mol. The minimum atomic E-state index is -4.92. The molecule has 0 radical (unpaired) electrons. The Bertz CT molecular complexity index is 383. The van der Waals surface area contributed by atoms with Crippen LogP contribution in [0.4, 0.5) is 18.0 Å². The summed E-state index contributed by atoms with van der Waals surface area (Å²) in [5.41, 5.74) is -2.92. The van der Waals surface area contributed by atoms with Crippen LogP contribution in [0, 0.1) is 5.41 Å². The van der Waals surface area contributed by atoms with E-state index in [4.69, 9.17) is 5.11 Å². The van der Waals surface area contributed by atoms with Crippen molar-refractivity contribution < 1.29 is 32.6 Å². The van der Waals surface area contributed by atoms with Gasteiger partial charge in [-0.2, -0.15) is 13.2 Å². The topological polar surface area (TPSA) is 66.8 Å². The van der Waals surface area contributed by atoms with Gasteiger partial charge in [0.25, 0.3) is 0 Å². The first-order valence-corrected chi connectivity index (χ1v) is 5.57. The number of aliphatic carboxylic acids is 1. The normalized spacial score (nSPS) is 23.8. The van der Waals surface area contributed by atoms with Gasteiger partial charge >= 0.3 is 18.2 Å². The standard InChI is InChI=1S/C11H14F3NO4/c1-2-6-19-9(18)15-5-3-4-10(7-15,8(16)17)11(12,13)14/h2H,1,3-7H2,(H,16,17). The molecule has 0 aromatic carbocycles. The lowest BCUT2D eigenvalue weighted by atomic mass is 9.79. The molecule has 0 aromatic heterocycles. The third-order valence-corrected chi connectivity index (χ3v) is 3.03. The second kappa shape index (κ2) is 5.50. The van der Waals surface area contributed by atoms with Crippen molar-refractivity contribution in [1.82, 2.24) is 4.90 Å². The number of piperidine rings is 1. The summed E-state index contributed by atoms with van der Waals surface area (Å²) < 4.78 is 43.5. The Morgan fingerprint density at radius 1 is 1.47 bits per heavy atom. The van der Waals surface area contributed by atoms with Crippen LogP contribution in [-0.2, 0) is 9.53 Å². The minimum Gasteiger partial charge on any atom is -0.481 e. The SMILES string of the molecule is C=CCOC(=O)N1CCCC(C(=O)O)(C(F)(F)F)C1. The van der Waals surface area contributed by atoms with Crippen LogP contribution in [0.3, 0.4) is 0 Å². The second-order valence-corrected chi connectivity index (χ2v) is 4.28. The van der Waals surface area contributed by atoms with Crippen LogP contribution in [0.15, 0.2) is 12.7 Å². The van der Waals surface area contributed by atoms with E-state index in [9.17, 15) is 22.8 Å². The van der Waals surface area contributed by atoms with Gasteiger partial charge < -0.3 is 14.7 Å². The third-order valence-electron chi connectivity index (χ3n) is 3.03. The maximum Gasteiger partial charge on any atom is 0.410 e. The Kier molecular flexibility index (Phi) is 4.43. The van der Waals surface area contributed by atoms with Gasteiger partial charge in [-0.1, -0.05) is 12.7 Å². The van der Waals surface area contributed by atoms with Crippen LogP contribution in [0.5, 0.6) is 0 Å². The number of amides is 1. The number of carboxylic acids is 1. The van der Waals surface area contributed by atoms with Crippen LogP contribution in [0.25, 0.3) is 0 Å². The summed E-state index contributed by atoms with van der Waals surface area (Å²) in [6, 6.07) is 0. The maximum absolute atomic E-state index is 13.0. The number of ether oxygens (including phenoxy) is 1. The molecule has 108 valence electrons. The number of alkyl halides is 3. The lowest BCUT2D eigenvalue weighted by Gasteiger charge is -2.40. The van der Waals surface area contributed by atoms with Crippen molar-refractivity contribution in [2.45, 2.75) is 19.0 Å². The van der Waals surface area contributed by atoms with E-state index in [1.807, 2.05) is 0 Å². The number of carboxylic acid groups (broad SMARTS) is 1. The summed E-state index contributed by atoms with van der Waals surface area (Å²) in [5.74, 6) is -1.97. The summed E-state index contributed by atoms with van der Waals surface area (Å²) in [5, 5.41) is 8.89. The summed E-state index contributed by atoms with van der Waals surface area (Å²) in [6.07, 6.45) is -5.20. The summed E-state index contributed by atoms with van der Waals surface area (Å²) in [7, 11) is 0. The Hall–Kier alpha value is -1.73. The number of carbonyl (C=O) groups excluding carboxylic acids is 1. The number of rotatable bonds is 3. The van der Waals surface area contributed by atoms with E-state index in [0.717, 1.165) is 4.90 Å². The largest absolute Gasteiger partial charge is 0.481 e. The molecule has 1 rings (SSSR count). The molecule has 19 heavy (non-hydrogen) atoms. The molecule has 0 aromatic rings. The number of carbonyl (C=O) groups is 2. The molecule has 0 bridgehead atoms. The van der Waals surface area contributed by atoms with Gasteiger partial charge in [0.2, 0.25) is 0 Å². The summed E-state index contributed by atoms with van der Waals surface area (Å²) >= 11 is 0. The quantitative estimate of drug-likeness (QED) is 0.804. The van der Waals surface area contributed by atoms with Gasteiger partial charge in [-0.05, 0) is 12.8 Å². The second-order valence-electron chi connectivity index (χ2n) is 4.28. The predicted molar refractivity (Wildman–Crippen MR) is 58.5 cm³/mol. The average molecular weight is 281 g/mol. The van der Waals surface area contributed by atoms with Gasteiger partial charge in [-0.15, -0.1) is 0 Å². The van der Waals surface area contributed by atoms with Crippen molar-refractivity contribution in [3.05, 3.63) is 12.7 Å². The number of nitrogens with zero attached hydrogens (tertiary/aromatic N) is 1. The Morgan fingerprint density at radius 3 is 2.58 bits per heavy atom. The molecule has 1 aliphatic rings. The van der Waals surface area contributed by atoms with Gasteiger partial charge in [0, 0.05) is 13.1 Å². The first-order valence-electron chi connectivity index (χ1n) is 5.57. The zero-order valence-corrected chi connectivity index (χ0v) is 10.1. The molecule has 1 heterocycles. The highest BCUT2D eigenvalue weighted by atomic mass is 19.4. The smallest absolute Gasteiger partial charge is 0.410 e. The lowest BCUT2D eigenvalue weighted by molar-refractivity contribution is -0.241. The van der Waals surface area contributed by atoms with Crippen LogP contribution in [0.2, 0.25) is 0 Å². The summed E-state index contributed by atoms with van der Waals surface area (Å²) in [6.45, 7) is 2.28. The molecule has 5 nitrogen and oxygen atoms in total. The van der Waals surface area contributed by atoms with E-state index in [2.05, 4.69) is 11.3 Å². The van der Waals surface area contributed by atoms with E-state index in [1.54, 1.807) is 0 Å². The molecule has 0 aliphatic carbocycles. The van der Waals surface area contributed by atoms with Crippen LogP contribution in [-0.4, -0.2) is 47.9 Å². The van der Waals surface area contributed by atoms with Crippen molar-refractivity contribution in [3.63, 3.8) is 0 Å². The number of halogens is 3. The summed E-state index contributed by atoms with van der Waals surface area (Å²) in [4.78, 5) is 23.3. The highest BCUT2D eigenvalue weighted by Crippen LogP contribution is 2.45. The number of hydrogen-bond acceptors (Lipinski definition) is 3. The molecule has 8 heteroatoms. The van der Waals surface area contributed by atoms with Crippen molar-refractivity contribution >= 4 is 12.1 Å². The van der Waals surface area contributed by atoms with E-state index >= 15 is 0 Å². The van der Waals surface area contributed by atoms with E-state index in [0.29, 0.717) is 0 Å². The van der Waals surface area contributed by atoms with Crippen molar-refractivity contribution in [3.8, 4) is 0 Å². The van der Waals surface area contributed by atoms with Crippen LogP contribution >= 0.6 is 0 Å². The van der Waals surface area contributed by atoms with E-state index in [-0.39, 0.29) is 19.6 Å².